The molecule has 0 spiro atoms. The Morgan fingerprint density at radius 2 is 1.46 bits per heavy atom. The van der Waals surface area contributed by atoms with Crippen LogP contribution in [0.15, 0.2) is 46.0 Å². The van der Waals surface area contributed by atoms with Crippen LogP contribution in [-0.2, 0) is 19.1 Å². The molecule has 4 heteroatoms. The van der Waals surface area contributed by atoms with Crippen LogP contribution in [0.3, 0.4) is 0 Å². The molecule has 0 unspecified atom stereocenters. The summed E-state index contributed by atoms with van der Waals surface area (Å²) in [5.41, 5.74) is 3.34. The lowest BCUT2D eigenvalue weighted by Gasteiger charge is -2.19. The Morgan fingerprint density at radius 1 is 0.962 bits per heavy atom. The van der Waals surface area contributed by atoms with Crippen molar-refractivity contribution in [3.8, 4) is 12.3 Å². The molecule has 26 heavy (non-hydrogen) atoms. The van der Waals surface area contributed by atoms with Gasteiger partial charge < -0.3 is 9.47 Å². The molecule has 0 radical (unpaired) electrons. The zero-order chi connectivity index (χ0) is 20.3. The number of allylic oxidation sites excluding steroid dienone is 6. The summed E-state index contributed by atoms with van der Waals surface area (Å²) in [5, 5.41) is 0. The lowest BCUT2D eigenvalue weighted by Crippen LogP contribution is -2.24. The normalized spacial score (nSPS) is 13.5. The monoisotopic (exact) mass is 358 g/mol. The molecular formula is C22H30O4. The number of methoxy groups -OCH3 is 2. The molecule has 0 saturated carbocycles. The van der Waals surface area contributed by atoms with Crippen molar-refractivity contribution in [1.82, 2.24) is 0 Å². The van der Waals surface area contributed by atoms with Crippen molar-refractivity contribution in [2.24, 2.45) is 0 Å². The Hall–Kier alpha value is -2.54. The van der Waals surface area contributed by atoms with E-state index in [0.717, 1.165) is 18.4 Å². The van der Waals surface area contributed by atoms with Crippen LogP contribution in [0.2, 0.25) is 0 Å². The van der Waals surface area contributed by atoms with E-state index < -0.39 is 0 Å². The third kappa shape index (κ3) is 7.14. The highest BCUT2D eigenvalue weighted by Crippen LogP contribution is 2.27. The van der Waals surface area contributed by atoms with Gasteiger partial charge in [0, 0.05) is 17.6 Å². The molecule has 0 N–H and O–H groups in total. The van der Waals surface area contributed by atoms with Crippen molar-refractivity contribution in [2.75, 3.05) is 14.2 Å². The lowest BCUT2D eigenvalue weighted by atomic mass is 9.90. The Bertz CT molecular complexity index is 686. The number of terminal acetylenes is 1. The molecule has 0 aromatic heterocycles. The van der Waals surface area contributed by atoms with Crippen LogP contribution >= 0.6 is 0 Å². The van der Waals surface area contributed by atoms with Gasteiger partial charge in [0.25, 0.3) is 0 Å². The van der Waals surface area contributed by atoms with E-state index in [1.54, 1.807) is 6.92 Å². The van der Waals surface area contributed by atoms with Gasteiger partial charge in [-0.15, -0.1) is 12.3 Å². The van der Waals surface area contributed by atoms with Gasteiger partial charge >= 0.3 is 0 Å². The largest absolute Gasteiger partial charge is 0.489 e. The van der Waals surface area contributed by atoms with E-state index in [0.29, 0.717) is 17.6 Å². The number of Topliss-reactive ketones (excluding diaryl/α,β-unsaturated/α-hetero) is 2. The first-order valence-corrected chi connectivity index (χ1v) is 8.52. The maximum Gasteiger partial charge on any atom is 0.228 e. The molecule has 0 aromatic carbocycles. The topological polar surface area (TPSA) is 52.6 Å². The Morgan fingerprint density at radius 3 is 1.88 bits per heavy atom. The zero-order valence-corrected chi connectivity index (χ0v) is 17.0. The summed E-state index contributed by atoms with van der Waals surface area (Å²) in [6, 6.07) is 0. The van der Waals surface area contributed by atoms with E-state index in [9.17, 15) is 9.59 Å². The van der Waals surface area contributed by atoms with Crippen LogP contribution in [0.1, 0.15) is 53.9 Å². The molecule has 142 valence electrons. The van der Waals surface area contributed by atoms with E-state index in [1.165, 1.54) is 19.8 Å². The number of hydrogen-bond donors (Lipinski definition) is 0. The van der Waals surface area contributed by atoms with Crippen molar-refractivity contribution in [2.45, 2.75) is 53.9 Å². The minimum absolute atomic E-state index is 0.00902. The second kappa shape index (κ2) is 11.9. The summed E-state index contributed by atoms with van der Waals surface area (Å²) in [5.74, 6) is 2.00. The first kappa shape index (κ1) is 23.5. The van der Waals surface area contributed by atoms with Crippen molar-refractivity contribution < 1.29 is 19.1 Å². The molecule has 0 heterocycles. The summed E-state index contributed by atoms with van der Waals surface area (Å²) >= 11 is 0. The Kier molecular flexibility index (Phi) is 10.8. The lowest BCUT2D eigenvalue weighted by molar-refractivity contribution is -0.121. The third-order valence-corrected chi connectivity index (χ3v) is 3.65. The van der Waals surface area contributed by atoms with E-state index in [4.69, 9.17) is 15.9 Å². The standard InChI is InChI=1S/C14H18O4.C8H12/c1-8(2)6-7-10-9(3)11(15)13(17-4)14(18-5)12(10)16;1-4-5-6-7-8(2)3/h6H,7H2,1-5H3;1,7H,5-6H2,2-3H3. The van der Waals surface area contributed by atoms with Gasteiger partial charge in [-0.3, -0.25) is 9.59 Å². The predicted octanol–water partition coefficient (Wildman–Crippen LogP) is 4.68. The van der Waals surface area contributed by atoms with Gasteiger partial charge in [-0.05, 0) is 47.5 Å². The molecule has 0 aliphatic heterocycles. The van der Waals surface area contributed by atoms with E-state index >= 15 is 0 Å². The van der Waals surface area contributed by atoms with Crippen LogP contribution in [0.5, 0.6) is 0 Å². The SMILES string of the molecule is C#CCCC=C(C)C.COC1=C(OC)C(=O)C(CC=C(C)C)=C(C)C1=O. The molecule has 0 aromatic rings. The third-order valence-electron chi connectivity index (χ3n) is 3.65. The van der Waals surface area contributed by atoms with Crippen LogP contribution in [0.4, 0.5) is 0 Å². The fourth-order valence-electron chi connectivity index (χ4n) is 2.19. The highest BCUT2D eigenvalue weighted by Gasteiger charge is 2.33. The van der Waals surface area contributed by atoms with Gasteiger partial charge in [0.1, 0.15) is 0 Å². The number of ketones is 2. The molecule has 0 bridgehead atoms. The first-order chi connectivity index (χ1) is 12.2. The fraction of sp³-hybridized carbons (Fsp3) is 0.455. The number of hydrogen-bond acceptors (Lipinski definition) is 4. The predicted molar refractivity (Wildman–Crippen MR) is 105 cm³/mol. The van der Waals surface area contributed by atoms with Crippen molar-refractivity contribution in [1.29, 1.82) is 0 Å². The van der Waals surface area contributed by atoms with Crippen LogP contribution in [-0.4, -0.2) is 25.8 Å². The number of carbonyl (C=O) groups excluding carboxylic acids is 2. The second-order valence-corrected chi connectivity index (χ2v) is 6.34. The Labute approximate surface area is 157 Å². The van der Waals surface area contributed by atoms with Crippen LogP contribution in [0, 0.1) is 12.3 Å². The van der Waals surface area contributed by atoms with Gasteiger partial charge in [-0.2, -0.15) is 0 Å². The minimum Gasteiger partial charge on any atom is -0.489 e. The highest BCUT2D eigenvalue weighted by atomic mass is 16.5. The molecule has 0 fully saturated rings. The summed E-state index contributed by atoms with van der Waals surface area (Å²) in [7, 11) is 2.71. The molecule has 1 rings (SSSR count). The smallest absolute Gasteiger partial charge is 0.228 e. The molecule has 0 amide bonds. The molecule has 4 nitrogen and oxygen atoms in total. The molecule has 0 saturated heterocycles. The van der Waals surface area contributed by atoms with Crippen LogP contribution in [0.25, 0.3) is 0 Å². The molecule has 1 aliphatic rings. The van der Waals surface area contributed by atoms with Gasteiger partial charge in [0.15, 0.2) is 0 Å². The maximum atomic E-state index is 12.2. The highest BCUT2D eigenvalue weighted by molar-refractivity contribution is 6.23. The average Bonchev–Trinajstić information content (AvgIpc) is 2.58. The molecular weight excluding hydrogens is 328 g/mol. The quantitative estimate of drug-likeness (QED) is 0.299. The number of carbonyl (C=O) groups is 2. The molecule has 1 aliphatic carbocycles. The molecule has 0 atom stereocenters. The summed E-state index contributed by atoms with van der Waals surface area (Å²) < 4.78 is 9.95. The van der Waals surface area contributed by atoms with Crippen molar-refractivity contribution in [3.05, 3.63) is 46.0 Å². The van der Waals surface area contributed by atoms with Gasteiger partial charge in [0.2, 0.25) is 23.1 Å². The summed E-state index contributed by atoms with van der Waals surface area (Å²) in [6.45, 7) is 9.68. The Balaban J connectivity index is 0.000000660. The fourth-order valence-corrected chi connectivity index (χ4v) is 2.19. The second-order valence-electron chi connectivity index (χ2n) is 6.34. The van der Waals surface area contributed by atoms with Gasteiger partial charge in [-0.1, -0.05) is 23.3 Å². The van der Waals surface area contributed by atoms with Crippen LogP contribution < -0.4 is 0 Å². The maximum absolute atomic E-state index is 12.2. The summed E-state index contributed by atoms with van der Waals surface area (Å²) in [6.07, 6.45) is 11.4. The van der Waals surface area contributed by atoms with Crippen molar-refractivity contribution in [3.63, 3.8) is 0 Å². The number of unbranched alkanes of at least 4 members (excludes halogenated alkanes) is 1. The first-order valence-electron chi connectivity index (χ1n) is 8.52. The van der Waals surface area contributed by atoms with Crippen molar-refractivity contribution >= 4 is 11.6 Å². The van der Waals surface area contributed by atoms with Gasteiger partial charge in [0.05, 0.1) is 14.2 Å². The van der Waals surface area contributed by atoms with Gasteiger partial charge in [-0.25, -0.2) is 0 Å². The van der Waals surface area contributed by atoms with E-state index in [1.807, 2.05) is 19.9 Å². The average molecular weight is 358 g/mol. The number of ether oxygens (including phenoxy) is 2. The number of rotatable bonds is 6. The van der Waals surface area contributed by atoms with E-state index in [2.05, 4.69) is 25.8 Å². The zero-order valence-electron chi connectivity index (χ0n) is 17.0. The minimum atomic E-state index is -0.286. The van der Waals surface area contributed by atoms with E-state index in [-0.39, 0.29) is 23.1 Å². The summed E-state index contributed by atoms with van der Waals surface area (Å²) in [4.78, 5) is 24.2.